The number of nitrogens with two attached hydrogens (primary N) is 1. The van der Waals surface area contributed by atoms with Gasteiger partial charge in [0.15, 0.2) is 5.82 Å². The number of carbonyl (C=O) groups excluding carboxylic acids is 2. The fraction of sp³-hybridized carbons (Fsp3) is 0.312. The lowest BCUT2D eigenvalue weighted by atomic mass is 9.92. The van der Waals surface area contributed by atoms with Crippen LogP contribution in [0.1, 0.15) is 12.5 Å². The van der Waals surface area contributed by atoms with Crippen LogP contribution >= 0.6 is 28.3 Å². The van der Waals surface area contributed by atoms with Crippen molar-refractivity contribution in [3.63, 3.8) is 0 Å². The second-order valence-electron chi connectivity index (χ2n) is 5.85. The highest BCUT2D eigenvalue weighted by molar-refractivity contribution is 9.10. The quantitative estimate of drug-likeness (QED) is 0.758. The van der Waals surface area contributed by atoms with Gasteiger partial charge in [0.1, 0.15) is 12.1 Å². The topological polar surface area (TPSA) is 93.2 Å². The molecule has 9 heteroatoms. The van der Waals surface area contributed by atoms with Crippen molar-refractivity contribution < 1.29 is 9.59 Å². The number of benzene rings is 1. The van der Waals surface area contributed by atoms with Crippen LogP contribution in [0.4, 0.5) is 5.82 Å². The van der Waals surface area contributed by atoms with E-state index in [-0.39, 0.29) is 30.8 Å². The lowest BCUT2D eigenvalue weighted by Crippen LogP contribution is -2.45. The summed E-state index contributed by atoms with van der Waals surface area (Å²) in [6, 6.07) is 8.86. The maximum Gasteiger partial charge on any atom is 0.249 e. The summed E-state index contributed by atoms with van der Waals surface area (Å²) < 4.78 is 2.37. The molecule has 136 valence electrons. The van der Waals surface area contributed by atoms with E-state index in [0.717, 1.165) is 4.47 Å². The van der Waals surface area contributed by atoms with E-state index in [4.69, 9.17) is 5.73 Å². The highest BCUT2D eigenvalue weighted by atomic mass is 79.9. The third-order valence-corrected chi connectivity index (χ3v) is 4.12. The molecule has 0 spiro atoms. The monoisotopic (exact) mass is 429 g/mol. The average Bonchev–Trinajstić information content (AvgIpc) is 2.94. The van der Waals surface area contributed by atoms with E-state index < -0.39 is 5.54 Å². The summed E-state index contributed by atoms with van der Waals surface area (Å²) in [6.45, 7) is 1.74. The van der Waals surface area contributed by atoms with Crippen molar-refractivity contribution in [3.8, 4) is 0 Å². The van der Waals surface area contributed by atoms with Gasteiger partial charge < -0.3 is 16.0 Å². The van der Waals surface area contributed by atoms with Crippen molar-refractivity contribution in [2.45, 2.75) is 19.0 Å². The lowest BCUT2D eigenvalue weighted by molar-refractivity contribution is -0.129. The molecule has 3 N–H and O–H groups in total. The molecule has 0 fully saturated rings. The van der Waals surface area contributed by atoms with Gasteiger partial charge >= 0.3 is 0 Å². The summed E-state index contributed by atoms with van der Waals surface area (Å²) >= 11 is 3.35. The molecule has 0 saturated carbocycles. The summed E-state index contributed by atoms with van der Waals surface area (Å²) in [5.74, 6) is -0.121. The number of nitrogens with zero attached hydrogens (tertiary/aromatic N) is 3. The molecule has 0 radical (unpaired) electrons. The largest absolute Gasteiger partial charge is 0.347 e. The first kappa shape index (κ1) is 21.1. The van der Waals surface area contributed by atoms with Crippen LogP contribution in [0.3, 0.4) is 0 Å². The van der Waals surface area contributed by atoms with Crippen LogP contribution in [0.2, 0.25) is 0 Å². The van der Waals surface area contributed by atoms with Gasteiger partial charge in [0, 0.05) is 30.8 Å². The fourth-order valence-corrected chi connectivity index (χ4v) is 2.23. The Balaban J connectivity index is 0.00000312. The Bertz CT molecular complexity index is 743. The molecule has 1 aromatic heterocycles. The lowest BCUT2D eigenvalue weighted by Gasteiger charge is -2.23. The molecule has 2 aromatic rings. The molecule has 1 aromatic carbocycles. The van der Waals surface area contributed by atoms with Gasteiger partial charge in [-0.25, -0.2) is 0 Å². The molecule has 2 rings (SSSR count). The first-order valence-electron chi connectivity index (χ1n) is 7.30. The van der Waals surface area contributed by atoms with Gasteiger partial charge in [0.2, 0.25) is 11.8 Å². The first-order chi connectivity index (χ1) is 11.2. The van der Waals surface area contributed by atoms with Crippen molar-refractivity contribution in [2.24, 2.45) is 5.73 Å². The van der Waals surface area contributed by atoms with Gasteiger partial charge in [-0.2, -0.15) is 5.10 Å². The van der Waals surface area contributed by atoms with Crippen LogP contribution in [-0.2, 0) is 21.7 Å². The Hall–Kier alpha value is -1.90. The molecular weight excluding hydrogens is 410 g/mol. The molecule has 0 bridgehead atoms. The molecule has 25 heavy (non-hydrogen) atoms. The minimum atomic E-state index is -1.20. The number of rotatable bonds is 5. The maximum atomic E-state index is 12.5. The number of aromatic nitrogens is 2. The zero-order valence-corrected chi connectivity index (χ0v) is 16.6. The molecule has 7 nitrogen and oxygen atoms in total. The maximum absolute atomic E-state index is 12.5. The van der Waals surface area contributed by atoms with Crippen molar-refractivity contribution in [2.75, 3.05) is 19.4 Å². The number of hydrogen-bond acceptors (Lipinski definition) is 4. The Morgan fingerprint density at radius 1 is 1.28 bits per heavy atom. The molecule has 1 atom stereocenters. The highest BCUT2D eigenvalue weighted by Crippen LogP contribution is 2.22. The number of halogens is 2. The van der Waals surface area contributed by atoms with E-state index in [9.17, 15) is 9.59 Å². The molecule has 1 heterocycles. The van der Waals surface area contributed by atoms with Crippen molar-refractivity contribution in [1.82, 2.24) is 14.7 Å². The minimum Gasteiger partial charge on any atom is -0.347 e. The highest BCUT2D eigenvalue weighted by Gasteiger charge is 2.31. The Morgan fingerprint density at radius 3 is 2.44 bits per heavy atom. The van der Waals surface area contributed by atoms with Crippen molar-refractivity contribution in [1.29, 1.82) is 0 Å². The number of carbonyl (C=O) groups is 2. The predicted octanol–water partition coefficient (Wildman–Crippen LogP) is 1.97. The zero-order chi connectivity index (χ0) is 17.9. The van der Waals surface area contributed by atoms with E-state index in [2.05, 4.69) is 26.3 Å². The summed E-state index contributed by atoms with van der Waals surface area (Å²) in [5.41, 5.74) is 5.67. The molecule has 0 aliphatic heterocycles. The summed E-state index contributed by atoms with van der Waals surface area (Å²) in [6.07, 6.45) is 1.63. The predicted molar refractivity (Wildman–Crippen MR) is 102 cm³/mol. The van der Waals surface area contributed by atoms with Crippen LogP contribution in [0.15, 0.2) is 41.0 Å². The summed E-state index contributed by atoms with van der Waals surface area (Å²) in [7, 11) is 3.35. The van der Waals surface area contributed by atoms with Gasteiger partial charge in [0.25, 0.3) is 0 Å². The van der Waals surface area contributed by atoms with E-state index in [1.165, 1.54) is 9.58 Å². The van der Waals surface area contributed by atoms with Crippen molar-refractivity contribution in [3.05, 3.63) is 46.6 Å². The SMILES string of the molecule is CN(C)C(=O)Cn1ccc(NC(=O)C(C)(N)c2ccc(Br)cc2)n1.Cl. The van der Waals surface area contributed by atoms with Crippen LogP contribution in [0.5, 0.6) is 0 Å². The number of amides is 2. The van der Waals surface area contributed by atoms with E-state index in [1.807, 2.05) is 12.1 Å². The average molecular weight is 431 g/mol. The number of anilines is 1. The standard InChI is InChI=1S/C16H20BrN5O2.ClH/c1-16(18,11-4-6-12(17)7-5-11)15(24)19-13-8-9-22(20-13)10-14(23)21(2)3;/h4-9H,10,18H2,1-3H3,(H,19,20,24);1H. The third-order valence-electron chi connectivity index (χ3n) is 3.59. The van der Waals surface area contributed by atoms with E-state index >= 15 is 0 Å². The molecule has 2 amide bonds. The Morgan fingerprint density at radius 2 is 1.88 bits per heavy atom. The van der Waals surface area contributed by atoms with Crippen LogP contribution in [0, 0.1) is 0 Å². The number of nitrogens with one attached hydrogen (secondary N) is 1. The molecule has 0 aliphatic carbocycles. The van der Waals surface area contributed by atoms with Gasteiger partial charge in [-0.15, -0.1) is 12.4 Å². The van der Waals surface area contributed by atoms with Gasteiger partial charge in [0.05, 0.1) is 0 Å². The summed E-state index contributed by atoms with van der Waals surface area (Å²) in [4.78, 5) is 25.6. The molecule has 1 unspecified atom stereocenters. The van der Waals surface area contributed by atoms with E-state index in [1.54, 1.807) is 45.4 Å². The Labute approximate surface area is 161 Å². The van der Waals surface area contributed by atoms with Crippen LogP contribution in [-0.4, -0.2) is 40.6 Å². The fourth-order valence-electron chi connectivity index (χ4n) is 1.97. The molecular formula is C16H21BrClN5O2. The second kappa shape index (κ2) is 8.46. The zero-order valence-electron chi connectivity index (χ0n) is 14.2. The van der Waals surface area contributed by atoms with Gasteiger partial charge in [-0.3, -0.25) is 14.3 Å². The van der Waals surface area contributed by atoms with Gasteiger partial charge in [-0.05, 0) is 24.6 Å². The smallest absolute Gasteiger partial charge is 0.249 e. The van der Waals surface area contributed by atoms with E-state index in [0.29, 0.717) is 11.4 Å². The van der Waals surface area contributed by atoms with Crippen molar-refractivity contribution >= 4 is 46.0 Å². The number of hydrogen-bond donors (Lipinski definition) is 2. The van der Waals surface area contributed by atoms with Crippen LogP contribution in [0.25, 0.3) is 0 Å². The molecule has 0 aliphatic rings. The third kappa shape index (κ3) is 5.29. The second-order valence-corrected chi connectivity index (χ2v) is 6.77. The molecule has 0 saturated heterocycles. The summed E-state index contributed by atoms with van der Waals surface area (Å²) in [5, 5.41) is 6.85. The first-order valence-corrected chi connectivity index (χ1v) is 8.09. The normalized spacial score (nSPS) is 12.7. The van der Waals surface area contributed by atoms with Gasteiger partial charge in [-0.1, -0.05) is 28.1 Å². The minimum absolute atomic E-state index is 0. The van der Waals surface area contributed by atoms with Crippen LogP contribution < -0.4 is 11.1 Å². The number of likely N-dealkylation sites (N-methyl/N-ethyl adjacent to an activating group) is 1. The Kier molecular flexibility index (Phi) is 7.16.